The molecule has 1 aliphatic heterocycles. The minimum Gasteiger partial charge on any atom is -0.497 e. The standard InChI is InChI=1S/C10H13NO3S/c1-14-8-3-4-10-9(7-8)11-5-2-6-15(10,12)13/h3-4,7,11H,2,5-6H2,1H3. The third-order valence-electron chi connectivity index (χ3n) is 2.43. The number of nitrogens with one attached hydrogen (secondary N) is 1. The molecule has 1 aromatic rings. The maximum absolute atomic E-state index is 11.8. The molecule has 1 N–H and O–H groups in total. The van der Waals surface area contributed by atoms with Crippen molar-refractivity contribution in [1.29, 1.82) is 0 Å². The molecule has 82 valence electrons. The first-order valence-electron chi connectivity index (χ1n) is 4.78. The van der Waals surface area contributed by atoms with Gasteiger partial charge in [-0.2, -0.15) is 0 Å². The van der Waals surface area contributed by atoms with Crippen molar-refractivity contribution in [3.8, 4) is 5.75 Å². The van der Waals surface area contributed by atoms with Gasteiger partial charge in [-0.1, -0.05) is 0 Å². The van der Waals surface area contributed by atoms with Crippen LogP contribution in [0.4, 0.5) is 5.69 Å². The number of hydrogen-bond donors (Lipinski definition) is 1. The number of methoxy groups -OCH3 is 1. The van der Waals surface area contributed by atoms with E-state index in [1.54, 1.807) is 25.3 Å². The van der Waals surface area contributed by atoms with Crippen LogP contribution in [0.1, 0.15) is 6.42 Å². The van der Waals surface area contributed by atoms with Gasteiger partial charge in [-0.15, -0.1) is 0 Å². The van der Waals surface area contributed by atoms with Crippen molar-refractivity contribution in [1.82, 2.24) is 0 Å². The highest BCUT2D eigenvalue weighted by molar-refractivity contribution is 7.91. The predicted molar refractivity (Wildman–Crippen MR) is 58.2 cm³/mol. The molecule has 4 nitrogen and oxygen atoms in total. The van der Waals surface area contributed by atoms with Crippen LogP contribution in [-0.4, -0.2) is 27.8 Å². The lowest BCUT2D eigenvalue weighted by Gasteiger charge is -2.08. The normalized spacial score (nSPS) is 18.5. The molecule has 0 aliphatic carbocycles. The molecule has 1 heterocycles. The molecule has 5 heteroatoms. The Morgan fingerprint density at radius 3 is 2.93 bits per heavy atom. The monoisotopic (exact) mass is 227 g/mol. The zero-order chi connectivity index (χ0) is 10.9. The van der Waals surface area contributed by atoms with Crippen molar-refractivity contribution in [3.63, 3.8) is 0 Å². The van der Waals surface area contributed by atoms with Crippen LogP contribution < -0.4 is 10.1 Å². The number of anilines is 1. The molecule has 0 spiro atoms. The van der Waals surface area contributed by atoms with E-state index in [4.69, 9.17) is 4.74 Å². The summed E-state index contributed by atoms with van der Waals surface area (Å²) in [6.07, 6.45) is 0.638. The van der Waals surface area contributed by atoms with E-state index in [0.29, 0.717) is 29.3 Å². The summed E-state index contributed by atoms with van der Waals surface area (Å²) in [4.78, 5) is 0.376. The Morgan fingerprint density at radius 1 is 1.40 bits per heavy atom. The lowest BCUT2D eigenvalue weighted by molar-refractivity contribution is 0.414. The Balaban J connectivity index is 2.56. The van der Waals surface area contributed by atoms with Gasteiger partial charge < -0.3 is 10.1 Å². The van der Waals surface area contributed by atoms with Gasteiger partial charge in [0.1, 0.15) is 5.75 Å². The summed E-state index contributed by atoms with van der Waals surface area (Å²) in [5.41, 5.74) is 0.645. The van der Waals surface area contributed by atoms with Crippen LogP contribution in [-0.2, 0) is 9.84 Å². The molecule has 0 saturated carbocycles. The lowest BCUT2D eigenvalue weighted by Crippen LogP contribution is -2.05. The van der Waals surface area contributed by atoms with Gasteiger partial charge in [0.2, 0.25) is 0 Å². The zero-order valence-electron chi connectivity index (χ0n) is 8.49. The number of sulfone groups is 1. The number of fused-ring (bicyclic) bond motifs is 1. The van der Waals surface area contributed by atoms with E-state index in [1.165, 1.54) is 0 Å². The average Bonchev–Trinajstić information content (AvgIpc) is 2.37. The van der Waals surface area contributed by atoms with Crippen molar-refractivity contribution in [2.45, 2.75) is 11.3 Å². The van der Waals surface area contributed by atoms with Crippen LogP contribution in [0.25, 0.3) is 0 Å². The Kier molecular flexibility index (Phi) is 2.56. The first-order chi connectivity index (χ1) is 7.13. The molecule has 0 amide bonds. The third-order valence-corrected chi connectivity index (χ3v) is 4.28. The van der Waals surface area contributed by atoms with E-state index in [0.717, 1.165) is 0 Å². The van der Waals surface area contributed by atoms with Gasteiger partial charge in [-0.3, -0.25) is 0 Å². The molecule has 0 atom stereocenters. The number of benzene rings is 1. The molecule has 0 saturated heterocycles. The maximum atomic E-state index is 11.8. The van der Waals surface area contributed by atoms with Gasteiger partial charge in [0.25, 0.3) is 0 Å². The lowest BCUT2D eigenvalue weighted by atomic mass is 10.3. The Morgan fingerprint density at radius 2 is 2.20 bits per heavy atom. The summed E-state index contributed by atoms with van der Waals surface area (Å²) in [5.74, 6) is 0.873. The molecular formula is C10H13NO3S. The van der Waals surface area contributed by atoms with Crippen molar-refractivity contribution in [3.05, 3.63) is 18.2 Å². The van der Waals surface area contributed by atoms with Gasteiger partial charge in [0, 0.05) is 12.6 Å². The zero-order valence-corrected chi connectivity index (χ0v) is 9.30. The molecule has 2 rings (SSSR count). The quantitative estimate of drug-likeness (QED) is 0.785. The molecule has 0 aromatic heterocycles. The number of hydrogen-bond acceptors (Lipinski definition) is 4. The van der Waals surface area contributed by atoms with E-state index in [1.807, 2.05) is 0 Å². The summed E-state index contributed by atoms with van der Waals surface area (Å²) in [7, 11) is -1.56. The maximum Gasteiger partial charge on any atom is 0.180 e. The first kappa shape index (κ1) is 10.3. The fraction of sp³-hybridized carbons (Fsp3) is 0.400. The third kappa shape index (κ3) is 1.92. The highest BCUT2D eigenvalue weighted by Crippen LogP contribution is 2.29. The Labute approximate surface area is 89.2 Å². The van der Waals surface area contributed by atoms with Crippen LogP contribution in [0.3, 0.4) is 0 Å². The number of ether oxygens (including phenoxy) is 1. The Hall–Kier alpha value is -1.23. The molecule has 0 unspecified atom stereocenters. The summed E-state index contributed by atoms with van der Waals surface area (Å²) in [6.45, 7) is 0.680. The van der Waals surface area contributed by atoms with Gasteiger partial charge in [0.05, 0.1) is 23.4 Å². The molecule has 1 aliphatic rings. The highest BCUT2D eigenvalue weighted by atomic mass is 32.2. The van der Waals surface area contributed by atoms with Crippen LogP contribution in [0.5, 0.6) is 5.75 Å². The summed E-state index contributed by atoms with van der Waals surface area (Å²) in [5, 5.41) is 3.10. The van der Waals surface area contributed by atoms with Crippen molar-refractivity contribution in [2.75, 3.05) is 24.7 Å². The van der Waals surface area contributed by atoms with Crippen LogP contribution in [0.15, 0.2) is 23.1 Å². The van der Waals surface area contributed by atoms with Crippen LogP contribution in [0.2, 0.25) is 0 Å². The van der Waals surface area contributed by atoms with Crippen LogP contribution in [0, 0.1) is 0 Å². The second-order valence-corrected chi connectivity index (χ2v) is 5.54. The van der Waals surface area contributed by atoms with E-state index in [2.05, 4.69) is 5.32 Å². The average molecular weight is 227 g/mol. The van der Waals surface area contributed by atoms with Gasteiger partial charge in [0.15, 0.2) is 9.84 Å². The second kappa shape index (κ2) is 3.73. The van der Waals surface area contributed by atoms with Crippen molar-refractivity contribution < 1.29 is 13.2 Å². The SMILES string of the molecule is COc1ccc2c(c1)NCCCS2(=O)=O. The number of rotatable bonds is 1. The minimum absolute atomic E-state index is 0.208. The molecule has 1 aromatic carbocycles. The molecule has 15 heavy (non-hydrogen) atoms. The van der Waals surface area contributed by atoms with Gasteiger partial charge >= 0.3 is 0 Å². The van der Waals surface area contributed by atoms with Crippen molar-refractivity contribution in [2.24, 2.45) is 0 Å². The fourth-order valence-electron chi connectivity index (χ4n) is 1.64. The van der Waals surface area contributed by atoms with Gasteiger partial charge in [-0.25, -0.2) is 8.42 Å². The van der Waals surface area contributed by atoms with E-state index in [-0.39, 0.29) is 5.75 Å². The topological polar surface area (TPSA) is 55.4 Å². The molecule has 0 fully saturated rings. The largest absolute Gasteiger partial charge is 0.497 e. The van der Waals surface area contributed by atoms with Crippen molar-refractivity contribution >= 4 is 15.5 Å². The smallest absolute Gasteiger partial charge is 0.180 e. The Bertz CT molecular complexity index is 468. The van der Waals surface area contributed by atoms with E-state index < -0.39 is 9.84 Å². The van der Waals surface area contributed by atoms with E-state index in [9.17, 15) is 8.42 Å². The van der Waals surface area contributed by atoms with Gasteiger partial charge in [-0.05, 0) is 18.6 Å². The van der Waals surface area contributed by atoms with Crippen LogP contribution >= 0.6 is 0 Å². The summed E-state index contributed by atoms with van der Waals surface area (Å²) < 4.78 is 28.7. The molecule has 0 radical (unpaired) electrons. The fourth-order valence-corrected chi connectivity index (χ4v) is 3.13. The summed E-state index contributed by atoms with van der Waals surface area (Å²) >= 11 is 0. The molecular weight excluding hydrogens is 214 g/mol. The highest BCUT2D eigenvalue weighted by Gasteiger charge is 2.21. The first-order valence-corrected chi connectivity index (χ1v) is 6.43. The van der Waals surface area contributed by atoms with E-state index >= 15 is 0 Å². The predicted octanol–water partition coefficient (Wildman–Crippen LogP) is 1.28. The second-order valence-electron chi connectivity index (χ2n) is 3.46. The molecule has 0 bridgehead atoms. The minimum atomic E-state index is -3.12. The summed E-state index contributed by atoms with van der Waals surface area (Å²) in [6, 6.07) is 4.99.